The zero-order valence-electron chi connectivity index (χ0n) is 10.9. The molecule has 0 aromatic heterocycles. The van der Waals surface area contributed by atoms with Gasteiger partial charge in [-0.05, 0) is 44.1 Å². The molecule has 0 amide bonds. The maximum atomic E-state index is 5.14. The van der Waals surface area contributed by atoms with Crippen molar-refractivity contribution < 1.29 is 4.74 Å². The summed E-state index contributed by atoms with van der Waals surface area (Å²) in [4.78, 5) is 2.98. The average molecular weight is 300 g/mol. The van der Waals surface area contributed by atoms with Gasteiger partial charge in [-0.15, -0.1) is 0 Å². The Labute approximate surface area is 113 Å². The Bertz CT molecular complexity index is 311. The molecule has 96 valence electrons. The van der Waals surface area contributed by atoms with Crippen LogP contribution in [0.25, 0.3) is 0 Å². The van der Waals surface area contributed by atoms with Gasteiger partial charge in [0.05, 0.1) is 7.11 Å². The molecule has 1 unspecified atom stereocenters. The largest absolute Gasteiger partial charge is 0.497 e. The van der Waals surface area contributed by atoms with Crippen LogP contribution in [0.4, 0.5) is 0 Å². The molecule has 0 heterocycles. The Kier molecular flexibility index (Phi) is 6.60. The van der Waals surface area contributed by atoms with Gasteiger partial charge in [0.25, 0.3) is 0 Å². The first-order chi connectivity index (χ1) is 8.11. The van der Waals surface area contributed by atoms with Crippen molar-refractivity contribution in [3.63, 3.8) is 0 Å². The van der Waals surface area contributed by atoms with Crippen LogP contribution in [-0.4, -0.2) is 37.0 Å². The van der Waals surface area contributed by atoms with E-state index in [-0.39, 0.29) is 0 Å². The predicted molar refractivity (Wildman–Crippen MR) is 77.2 cm³/mol. The zero-order valence-corrected chi connectivity index (χ0v) is 12.5. The Balaban J connectivity index is 2.29. The number of hydrogen-bond acceptors (Lipinski definition) is 2. The van der Waals surface area contributed by atoms with Crippen LogP contribution in [0, 0.1) is 0 Å². The normalized spacial score (nSPS) is 12.8. The van der Waals surface area contributed by atoms with Gasteiger partial charge in [-0.3, -0.25) is 0 Å². The van der Waals surface area contributed by atoms with Crippen LogP contribution in [0.3, 0.4) is 0 Å². The van der Waals surface area contributed by atoms with Gasteiger partial charge in [-0.25, -0.2) is 0 Å². The second-order valence-electron chi connectivity index (χ2n) is 4.47. The Hall–Kier alpha value is -0.540. The van der Waals surface area contributed by atoms with Crippen molar-refractivity contribution in [3.05, 3.63) is 29.8 Å². The van der Waals surface area contributed by atoms with Crippen LogP contribution in [0.15, 0.2) is 24.3 Å². The molecule has 1 aromatic rings. The standard InChI is InChI=1S/C14H22BrNO/c1-12(15)8-10-16(2)11-9-13-4-6-14(17-3)7-5-13/h4-7,12H,8-11H2,1-3H3. The van der Waals surface area contributed by atoms with E-state index in [4.69, 9.17) is 4.74 Å². The van der Waals surface area contributed by atoms with Crippen molar-refractivity contribution in [2.45, 2.75) is 24.6 Å². The number of rotatable bonds is 7. The lowest BCUT2D eigenvalue weighted by atomic mass is 10.1. The van der Waals surface area contributed by atoms with Crippen LogP contribution in [0.2, 0.25) is 0 Å². The number of nitrogens with zero attached hydrogens (tertiary/aromatic N) is 1. The fraction of sp³-hybridized carbons (Fsp3) is 0.571. The molecule has 0 saturated carbocycles. The molecule has 3 heteroatoms. The first-order valence-corrected chi connectivity index (χ1v) is 6.99. The van der Waals surface area contributed by atoms with Crippen LogP contribution in [-0.2, 0) is 6.42 Å². The highest BCUT2D eigenvalue weighted by molar-refractivity contribution is 9.09. The van der Waals surface area contributed by atoms with Gasteiger partial charge in [-0.2, -0.15) is 0 Å². The van der Waals surface area contributed by atoms with E-state index in [0.717, 1.165) is 25.3 Å². The molecule has 0 spiro atoms. The summed E-state index contributed by atoms with van der Waals surface area (Å²) in [5.41, 5.74) is 1.37. The van der Waals surface area contributed by atoms with Gasteiger partial charge in [-0.1, -0.05) is 35.0 Å². The minimum atomic E-state index is 0.603. The molecule has 1 aromatic carbocycles. The monoisotopic (exact) mass is 299 g/mol. The van der Waals surface area contributed by atoms with Gasteiger partial charge in [0, 0.05) is 11.4 Å². The second-order valence-corrected chi connectivity index (χ2v) is 6.03. The van der Waals surface area contributed by atoms with Crippen molar-refractivity contribution in [2.24, 2.45) is 0 Å². The molecule has 17 heavy (non-hydrogen) atoms. The van der Waals surface area contributed by atoms with E-state index in [2.05, 4.69) is 46.9 Å². The fourth-order valence-electron chi connectivity index (χ4n) is 1.62. The Morgan fingerprint density at radius 1 is 1.24 bits per heavy atom. The molecule has 2 nitrogen and oxygen atoms in total. The van der Waals surface area contributed by atoms with Gasteiger partial charge in [0.2, 0.25) is 0 Å². The summed E-state index contributed by atoms with van der Waals surface area (Å²) in [7, 11) is 3.88. The van der Waals surface area contributed by atoms with E-state index in [9.17, 15) is 0 Å². The highest BCUT2D eigenvalue weighted by Gasteiger charge is 2.02. The smallest absolute Gasteiger partial charge is 0.118 e. The average Bonchev–Trinajstić information content (AvgIpc) is 2.34. The molecule has 0 bridgehead atoms. The van der Waals surface area contributed by atoms with E-state index in [1.807, 2.05) is 12.1 Å². The van der Waals surface area contributed by atoms with Crippen molar-refractivity contribution in [1.82, 2.24) is 4.90 Å². The van der Waals surface area contributed by atoms with E-state index >= 15 is 0 Å². The molecule has 1 rings (SSSR count). The third-order valence-corrected chi connectivity index (χ3v) is 3.31. The van der Waals surface area contributed by atoms with Crippen molar-refractivity contribution in [3.8, 4) is 5.75 Å². The molecular formula is C14H22BrNO. The lowest BCUT2D eigenvalue weighted by molar-refractivity contribution is 0.334. The summed E-state index contributed by atoms with van der Waals surface area (Å²) >= 11 is 3.57. The summed E-state index contributed by atoms with van der Waals surface area (Å²) in [6, 6.07) is 8.32. The van der Waals surface area contributed by atoms with Crippen molar-refractivity contribution in [1.29, 1.82) is 0 Å². The van der Waals surface area contributed by atoms with Crippen molar-refractivity contribution >= 4 is 15.9 Å². The number of methoxy groups -OCH3 is 1. The zero-order chi connectivity index (χ0) is 12.7. The van der Waals surface area contributed by atoms with E-state index in [1.54, 1.807) is 7.11 Å². The summed E-state index contributed by atoms with van der Waals surface area (Å²) < 4.78 is 5.14. The van der Waals surface area contributed by atoms with Crippen LogP contribution in [0.1, 0.15) is 18.9 Å². The van der Waals surface area contributed by atoms with E-state index < -0.39 is 0 Å². The number of ether oxygens (including phenoxy) is 1. The maximum Gasteiger partial charge on any atom is 0.118 e. The minimum absolute atomic E-state index is 0.603. The molecule has 0 aliphatic heterocycles. The molecule has 0 N–H and O–H groups in total. The highest BCUT2D eigenvalue weighted by atomic mass is 79.9. The Morgan fingerprint density at radius 3 is 2.41 bits per heavy atom. The first kappa shape index (κ1) is 14.5. The molecule has 0 saturated heterocycles. The van der Waals surface area contributed by atoms with Crippen LogP contribution >= 0.6 is 15.9 Å². The summed E-state index contributed by atoms with van der Waals surface area (Å²) in [5.74, 6) is 0.926. The topological polar surface area (TPSA) is 12.5 Å². The van der Waals surface area contributed by atoms with Crippen LogP contribution < -0.4 is 4.74 Å². The molecular weight excluding hydrogens is 278 g/mol. The van der Waals surface area contributed by atoms with Gasteiger partial charge >= 0.3 is 0 Å². The van der Waals surface area contributed by atoms with Gasteiger partial charge in [0.1, 0.15) is 5.75 Å². The second kappa shape index (κ2) is 7.72. The molecule has 0 fully saturated rings. The number of hydrogen-bond donors (Lipinski definition) is 0. The van der Waals surface area contributed by atoms with E-state index in [1.165, 1.54) is 12.0 Å². The first-order valence-electron chi connectivity index (χ1n) is 6.07. The number of alkyl halides is 1. The third kappa shape index (κ3) is 6.08. The van der Waals surface area contributed by atoms with E-state index in [0.29, 0.717) is 4.83 Å². The highest BCUT2D eigenvalue weighted by Crippen LogP contribution is 2.12. The van der Waals surface area contributed by atoms with Crippen LogP contribution in [0.5, 0.6) is 5.75 Å². The molecule has 1 atom stereocenters. The molecule has 0 aliphatic carbocycles. The number of likely N-dealkylation sites (N-methyl/N-ethyl adjacent to an activating group) is 1. The SMILES string of the molecule is COc1ccc(CCN(C)CCC(C)Br)cc1. The molecule has 0 aliphatic rings. The quantitative estimate of drug-likeness (QED) is 0.716. The fourth-order valence-corrected chi connectivity index (χ4v) is 1.83. The molecule has 0 radical (unpaired) electrons. The van der Waals surface area contributed by atoms with Crippen molar-refractivity contribution in [2.75, 3.05) is 27.2 Å². The summed E-state index contributed by atoms with van der Waals surface area (Å²) in [5, 5.41) is 0. The predicted octanol–water partition coefficient (Wildman–Crippen LogP) is 3.34. The summed E-state index contributed by atoms with van der Waals surface area (Å²) in [6.07, 6.45) is 2.29. The minimum Gasteiger partial charge on any atom is -0.497 e. The number of benzene rings is 1. The lowest BCUT2D eigenvalue weighted by Gasteiger charge is -2.17. The lowest BCUT2D eigenvalue weighted by Crippen LogP contribution is -2.23. The Morgan fingerprint density at radius 2 is 1.88 bits per heavy atom. The summed E-state index contributed by atoms with van der Waals surface area (Å²) in [6.45, 7) is 4.44. The third-order valence-electron chi connectivity index (χ3n) is 2.85. The maximum absolute atomic E-state index is 5.14. The number of halogens is 1. The van der Waals surface area contributed by atoms with Gasteiger partial charge in [0.15, 0.2) is 0 Å². The van der Waals surface area contributed by atoms with Gasteiger partial charge < -0.3 is 9.64 Å².